The molecular weight excluding hydrogens is 155 g/mol. The van der Waals surface area contributed by atoms with Crippen LogP contribution >= 0.6 is 0 Å². The topological polar surface area (TPSA) is 3.24 Å². The van der Waals surface area contributed by atoms with E-state index in [0.29, 0.717) is 6.54 Å². The Bertz CT molecular complexity index is 128. The van der Waals surface area contributed by atoms with Crippen LogP contribution in [0, 0.1) is 0 Å². The molecule has 0 amide bonds. The molecule has 0 heterocycles. The molecule has 0 aromatic carbocycles. The third-order valence-electron chi connectivity index (χ3n) is 2.12. The Morgan fingerprint density at radius 3 is 1.64 bits per heavy atom. The number of alkyl halides is 3. The van der Waals surface area contributed by atoms with Crippen molar-refractivity contribution in [3.8, 4) is 0 Å². The zero-order chi connectivity index (χ0) is 9.28. The van der Waals surface area contributed by atoms with E-state index in [-0.39, 0.29) is 0 Å². The summed E-state index contributed by atoms with van der Waals surface area (Å²) in [6.07, 6.45) is -4.15. The molecule has 4 heteroatoms. The average Bonchev–Trinajstić information content (AvgIpc) is 1.83. The molecule has 0 aliphatic rings. The van der Waals surface area contributed by atoms with Gasteiger partial charge in [0.25, 0.3) is 0 Å². The average molecular weight is 169 g/mol. The molecule has 0 saturated carbocycles. The van der Waals surface area contributed by atoms with E-state index < -0.39 is 11.7 Å². The first-order valence-corrected chi connectivity index (χ1v) is 3.51. The maximum absolute atomic E-state index is 12.2. The summed E-state index contributed by atoms with van der Waals surface area (Å²) in [5.41, 5.74) is -1.72. The first kappa shape index (κ1) is 10.8. The molecule has 1 nitrogen and oxygen atoms in total. The van der Waals surface area contributed by atoms with Gasteiger partial charge in [0.15, 0.2) is 0 Å². The standard InChI is InChI=1S/C7H14F3N/c1-5-11(4)6(2,3)7(8,9)10/h5H2,1-4H3. The second-order valence-corrected chi connectivity index (χ2v) is 3.07. The van der Waals surface area contributed by atoms with Crippen molar-refractivity contribution in [3.63, 3.8) is 0 Å². The molecule has 0 aliphatic heterocycles. The number of halogens is 3. The van der Waals surface area contributed by atoms with Gasteiger partial charge in [-0.25, -0.2) is 0 Å². The van der Waals surface area contributed by atoms with Gasteiger partial charge < -0.3 is 0 Å². The lowest BCUT2D eigenvalue weighted by atomic mass is 10.0. The summed E-state index contributed by atoms with van der Waals surface area (Å²) in [4.78, 5) is 1.27. The van der Waals surface area contributed by atoms with Gasteiger partial charge in [0.1, 0.15) is 5.54 Å². The smallest absolute Gasteiger partial charge is 0.294 e. The van der Waals surface area contributed by atoms with Crippen LogP contribution in [0.1, 0.15) is 20.8 Å². The fraction of sp³-hybridized carbons (Fsp3) is 1.00. The molecule has 0 radical (unpaired) electrons. The molecule has 0 aliphatic carbocycles. The summed E-state index contributed by atoms with van der Waals surface area (Å²) >= 11 is 0. The summed E-state index contributed by atoms with van der Waals surface area (Å²) in [5, 5.41) is 0. The van der Waals surface area contributed by atoms with Crippen LogP contribution in [0.15, 0.2) is 0 Å². The maximum atomic E-state index is 12.2. The quantitative estimate of drug-likeness (QED) is 0.613. The van der Waals surface area contributed by atoms with E-state index in [2.05, 4.69) is 0 Å². The summed E-state index contributed by atoms with van der Waals surface area (Å²) < 4.78 is 36.7. The molecule has 0 unspecified atom stereocenters. The molecule has 0 aromatic rings. The van der Waals surface area contributed by atoms with Gasteiger partial charge in [-0.05, 0) is 27.4 Å². The first-order valence-electron chi connectivity index (χ1n) is 3.51. The Kier molecular flexibility index (Phi) is 2.94. The largest absolute Gasteiger partial charge is 0.406 e. The molecule has 0 N–H and O–H groups in total. The van der Waals surface area contributed by atoms with Crippen LogP contribution in [0.3, 0.4) is 0 Å². The van der Waals surface area contributed by atoms with Crippen molar-refractivity contribution >= 4 is 0 Å². The second-order valence-electron chi connectivity index (χ2n) is 3.07. The highest BCUT2D eigenvalue weighted by Gasteiger charge is 2.49. The van der Waals surface area contributed by atoms with Gasteiger partial charge in [0.2, 0.25) is 0 Å². The highest BCUT2D eigenvalue weighted by molar-refractivity contribution is 4.86. The van der Waals surface area contributed by atoms with E-state index in [1.54, 1.807) is 6.92 Å². The molecule has 0 rings (SSSR count). The van der Waals surface area contributed by atoms with Gasteiger partial charge in [-0.15, -0.1) is 0 Å². The lowest BCUT2D eigenvalue weighted by Crippen LogP contribution is -2.52. The van der Waals surface area contributed by atoms with E-state index in [1.165, 1.54) is 25.8 Å². The van der Waals surface area contributed by atoms with Crippen molar-refractivity contribution in [2.45, 2.75) is 32.5 Å². The van der Waals surface area contributed by atoms with Gasteiger partial charge in [-0.1, -0.05) is 6.92 Å². The van der Waals surface area contributed by atoms with Gasteiger partial charge in [-0.2, -0.15) is 13.2 Å². The van der Waals surface area contributed by atoms with Gasteiger partial charge in [-0.3, -0.25) is 4.90 Å². The van der Waals surface area contributed by atoms with Crippen molar-refractivity contribution < 1.29 is 13.2 Å². The predicted molar refractivity (Wildman–Crippen MR) is 38.4 cm³/mol. The minimum atomic E-state index is -4.15. The fourth-order valence-corrected chi connectivity index (χ4v) is 0.612. The van der Waals surface area contributed by atoms with Crippen LogP contribution in [0.4, 0.5) is 13.2 Å². The Balaban J connectivity index is 4.45. The van der Waals surface area contributed by atoms with Crippen molar-refractivity contribution in [3.05, 3.63) is 0 Å². The minimum absolute atomic E-state index is 0.395. The zero-order valence-corrected chi connectivity index (χ0v) is 7.29. The van der Waals surface area contributed by atoms with Crippen LogP contribution in [0.25, 0.3) is 0 Å². The molecule has 0 fully saturated rings. The van der Waals surface area contributed by atoms with Crippen molar-refractivity contribution in [1.82, 2.24) is 4.90 Å². The number of nitrogens with zero attached hydrogens (tertiary/aromatic N) is 1. The third-order valence-corrected chi connectivity index (χ3v) is 2.12. The van der Waals surface area contributed by atoms with E-state index in [9.17, 15) is 13.2 Å². The second kappa shape index (κ2) is 3.01. The first-order chi connectivity index (χ1) is 4.73. The predicted octanol–water partition coefficient (Wildman–Crippen LogP) is 2.28. The van der Waals surface area contributed by atoms with Crippen molar-refractivity contribution in [1.29, 1.82) is 0 Å². The highest BCUT2D eigenvalue weighted by atomic mass is 19.4. The van der Waals surface area contributed by atoms with Crippen LogP contribution in [-0.2, 0) is 0 Å². The highest BCUT2D eigenvalue weighted by Crippen LogP contribution is 2.33. The van der Waals surface area contributed by atoms with Crippen LogP contribution in [-0.4, -0.2) is 30.2 Å². The van der Waals surface area contributed by atoms with E-state index in [1.807, 2.05) is 0 Å². The molecule has 0 bridgehead atoms. The molecule has 11 heavy (non-hydrogen) atoms. The summed E-state index contributed by atoms with van der Waals surface area (Å²) in [6.45, 7) is 4.45. The molecule has 68 valence electrons. The number of hydrogen-bond acceptors (Lipinski definition) is 1. The molecule has 0 spiro atoms. The monoisotopic (exact) mass is 169 g/mol. The van der Waals surface area contributed by atoms with E-state index in [0.717, 1.165) is 0 Å². The molecule has 0 atom stereocenters. The van der Waals surface area contributed by atoms with Crippen LogP contribution in [0.5, 0.6) is 0 Å². The van der Waals surface area contributed by atoms with E-state index >= 15 is 0 Å². The Labute approximate surface area is 65.2 Å². The lowest BCUT2D eigenvalue weighted by molar-refractivity contribution is -0.215. The van der Waals surface area contributed by atoms with Crippen LogP contribution in [0.2, 0.25) is 0 Å². The van der Waals surface area contributed by atoms with E-state index in [4.69, 9.17) is 0 Å². The van der Waals surface area contributed by atoms with Crippen LogP contribution < -0.4 is 0 Å². The zero-order valence-electron chi connectivity index (χ0n) is 7.29. The summed E-state index contributed by atoms with van der Waals surface area (Å²) in [5.74, 6) is 0. The normalized spacial score (nSPS) is 14.2. The summed E-state index contributed by atoms with van der Waals surface area (Å²) in [6, 6.07) is 0. The van der Waals surface area contributed by atoms with Gasteiger partial charge in [0.05, 0.1) is 0 Å². The molecular formula is C7H14F3N. The van der Waals surface area contributed by atoms with Crippen molar-refractivity contribution in [2.75, 3.05) is 13.6 Å². The lowest BCUT2D eigenvalue weighted by Gasteiger charge is -2.36. The number of hydrogen-bond donors (Lipinski definition) is 0. The maximum Gasteiger partial charge on any atom is 0.406 e. The Morgan fingerprint density at radius 1 is 1.18 bits per heavy atom. The van der Waals surface area contributed by atoms with Gasteiger partial charge >= 0.3 is 6.18 Å². The molecule has 0 saturated heterocycles. The summed E-state index contributed by atoms with van der Waals surface area (Å²) in [7, 11) is 1.47. The Hall–Kier alpha value is -0.250. The van der Waals surface area contributed by atoms with Crippen molar-refractivity contribution in [2.24, 2.45) is 0 Å². The minimum Gasteiger partial charge on any atom is -0.294 e. The Morgan fingerprint density at radius 2 is 1.55 bits per heavy atom. The fourth-order valence-electron chi connectivity index (χ4n) is 0.612. The molecule has 0 aromatic heterocycles. The van der Waals surface area contributed by atoms with Gasteiger partial charge in [0, 0.05) is 0 Å². The number of rotatable bonds is 2. The SMILES string of the molecule is CCN(C)C(C)(C)C(F)(F)F. The third kappa shape index (κ3) is 2.09.